The van der Waals surface area contributed by atoms with E-state index in [0.717, 1.165) is 19.3 Å². The van der Waals surface area contributed by atoms with Gasteiger partial charge in [-0.2, -0.15) is 0 Å². The maximum Gasteiger partial charge on any atom is 0.315 e. The van der Waals surface area contributed by atoms with Crippen LogP contribution in [0.1, 0.15) is 35.6 Å². The second kappa shape index (κ2) is 7.15. The van der Waals surface area contributed by atoms with Crippen molar-refractivity contribution in [3.63, 3.8) is 0 Å². The first-order valence-corrected chi connectivity index (χ1v) is 8.55. The number of aryl methyl sites for hydroxylation is 1. The molecule has 1 fully saturated rings. The molecule has 0 aliphatic heterocycles. The van der Waals surface area contributed by atoms with Crippen LogP contribution in [0.5, 0.6) is 5.75 Å². The molecule has 0 aromatic heterocycles. The number of carbonyl (C=O) groups is 1. The zero-order chi connectivity index (χ0) is 17.9. The van der Waals surface area contributed by atoms with E-state index in [4.69, 9.17) is 0 Å². The molecule has 1 saturated carbocycles. The Labute approximate surface area is 147 Å². The van der Waals surface area contributed by atoms with Crippen LogP contribution in [0.15, 0.2) is 48.5 Å². The van der Waals surface area contributed by atoms with Gasteiger partial charge < -0.3 is 20.8 Å². The smallest absolute Gasteiger partial charge is 0.315 e. The molecular weight excluding hydrogens is 316 g/mol. The number of amides is 2. The number of benzene rings is 2. The Morgan fingerprint density at radius 3 is 2.64 bits per heavy atom. The molecule has 1 aliphatic carbocycles. The van der Waals surface area contributed by atoms with Gasteiger partial charge in [0, 0.05) is 12.1 Å². The summed E-state index contributed by atoms with van der Waals surface area (Å²) in [6.45, 7) is 2.17. The van der Waals surface area contributed by atoms with Gasteiger partial charge in [-0.1, -0.05) is 36.4 Å². The number of phenols is 1. The van der Waals surface area contributed by atoms with E-state index in [-0.39, 0.29) is 23.9 Å². The van der Waals surface area contributed by atoms with Crippen LogP contribution in [0.25, 0.3) is 0 Å². The van der Waals surface area contributed by atoms with Gasteiger partial charge in [0.1, 0.15) is 5.75 Å². The molecule has 0 saturated heterocycles. The third-order valence-corrected chi connectivity index (χ3v) is 4.73. The topological polar surface area (TPSA) is 81.6 Å². The number of hydrogen-bond acceptors (Lipinski definition) is 3. The average molecular weight is 340 g/mol. The Morgan fingerprint density at radius 2 is 1.96 bits per heavy atom. The first-order valence-electron chi connectivity index (χ1n) is 8.55. The molecule has 0 spiro atoms. The minimum absolute atomic E-state index is 0.0930. The highest BCUT2D eigenvalue weighted by Crippen LogP contribution is 2.39. The number of hydrogen-bond donors (Lipinski definition) is 4. The summed E-state index contributed by atoms with van der Waals surface area (Å²) in [5.41, 5.74) is 2.88. The number of nitrogens with one attached hydrogen (secondary N) is 2. The number of urea groups is 1. The number of rotatable bonds is 6. The standard InChI is InChI=1S/C20H24N2O3/c1-14-5-2-3-6-16(14)12-20(9-10-20)22-19(25)21-13-18(24)15-7-4-8-17(23)11-15/h2-8,11,18,23-24H,9-10,12-13H2,1H3,(H2,21,22,25)/t18-/m1/s1. The number of aliphatic hydroxyl groups excluding tert-OH is 1. The molecule has 0 unspecified atom stereocenters. The van der Waals surface area contributed by atoms with Crippen LogP contribution in [-0.4, -0.2) is 28.3 Å². The van der Waals surface area contributed by atoms with Crippen molar-refractivity contribution < 1.29 is 15.0 Å². The molecule has 5 nitrogen and oxygen atoms in total. The van der Waals surface area contributed by atoms with Crippen LogP contribution in [0, 0.1) is 6.92 Å². The minimum Gasteiger partial charge on any atom is -0.508 e. The number of phenolic OH excluding ortho intramolecular Hbond substituents is 1. The van der Waals surface area contributed by atoms with Gasteiger partial charge in [0.05, 0.1) is 6.10 Å². The van der Waals surface area contributed by atoms with Crippen molar-refractivity contribution in [3.05, 3.63) is 65.2 Å². The normalized spacial score (nSPS) is 16.1. The summed E-state index contributed by atoms with van der Waals surface area (Å²) in [6, 6.07) is 14.3. The lowest BCUT2D eigenvalue weighted by atomic mass is 10.00. The summed E-state index contributed by atoms with van der Waals surface area (Å²) in [4.78, 5) is 12.2. The number of carbonyl (C=O) groups excluding carboxylic acids is 1. The van der Waals surface area contributed by atoms with E-state index in [1.807, 2.05) is 12.1 Å². The predicted molar refractivity (Wildman–Crippen MR) is 96.4 cm³/mol. The Morgan fingerprint density at radius 1 is 1.20 bits per heavy atom. The van der Waals surface area contributed by atoms with Crippen molar-refractivity contribution in [2.24, 2.45) is 0 Å². The van der Waals surface area contributed by atoms with Crippen LogP contribution < -0.4 is 10.6 Å². The molecule has 0 heterocycles. The molecule has 2 aromatic carbocycles. The fraction of sp³-hybridized carbons (Fsp3) is 0.350. The molecule has 2 amide bonds. The van der Waals surface area contributed by atoms with E-state index in [2.05, 4.69) is 29.7 Å². The Bertz CT molecular complexity index is 756. The average Bonchev–Trinajstić information content (AvgIpc) is 3.34. The molecule has 0 bridgehead atoms. The van der Waals surface area contributed by atoms with Gasteiger partial charge in [0.25, 0.3) is 0 Å². The lowest BCUT2D eigenvalue weighted by molar-refractivity contribution is 0.172. The van der Waals surface area contributed by atoms with Crippen molar-refractivity contribution in [3.8, 4) is 5.75 Å². The summed E-state index contributed by atoms with van der Waals surface area (Å²) in [5.74, 6) is 0.0937. The Hall–Kier alpha value is -2.53. The molecule has 5 heteroatoms. The summed E-state index contributed by atoms with van der Waals surface area (Å²) >= 11 is 0. The first kappa shape index (κ1) is 17.3. The number of aromatic hydroxyl groups is 1. The summed E-state index contributed by atoms with van der Waals surface area (Å²) in [5, 5.41) is 25.3. The molecule has 3 rings (SSSR count). The quantitative estimate of drug-likeness (QED) is 0.653. The highest BCUT2D eigenvalue weighted by molar-refractivity contribution is 5.75. The van der Waals surface area contributed by atoms with E-state index in [9.17, 15) is 15.0 Å². The van der Waals surface area contributed by atoms with Gasteiger partial charge >= 0.3 is 6.03 Å². The van der Waals surface area contributed by atoms with Crippen molar-refractivity contribution in [2.75, 3.05) is 6.54 Å². The van der Waals surface area contributed by atoms with Gasteiger partial charge in [0.15, 0.2) is 0 Å². The lowest BCUT2D eigenvalue weighted by Gasteiger charge is -2.20. The maximum atomic E-state index is 12.2. The second-order valence-corrected chi connectivity index (χ2v) is 6.83. The molecule has 4 N–H and O–H groups in total. The molecular formula is C20H24N2O3. The fourth-order valence-electron chi connectivity index (χ4n) is 2.99. The van der Waals surface area contributed by atoms with Crippen LogP contribution in [0.4, 0.5) is 4.79 Å². The third-order valence-electron chi connectivity index (χ3n) is 4.73. The van der Waals surface area contributed by atoms with Crippen molar-refractivity contribution in [1.82, 2.24) is 10.6 Å². The molecule has 132 valence electrons. The van der Waals surface area contributed by atoms with E-state index in [1.165, 1.54) is 17.2 Å². The Kier molecular flexibility index (Phi) is 4.95. The van der Waals surface area contributed by atoms with E-state index >= 15 is 0 Å². The molecule has 1 atom stereocenters. The van der Waals surface area contributed by atoms with Gasteiger partial charge in [-0.3, -0.25) is 0 Å². The zero-order valence-corrected chi connectivity index (χ0v) is 14.3. The SMILES string of the molecule is Cc1ccccc1CC1(NC(=O)NC[C@@H](O)c2cccc(O)c2)CC1. The van der Waals surface area contributed by atoms with Gasteiger partial charge in [-0.15, -0.1) is 0 Å². The minimum atomic E-state index is -0.857. The van der Waals surface area contributed by atoms with Crippen molar-refractivity contribution in [1.29, 1.82) is 0 Å². The van der Waals surface area contributed by atoms with E-state index < -0.39 is 6.10 Å². The molecule has 2 aromatic rings. The predicted octanol–water partition coefficient (Wildman–Crippen LogP) is 2.81. The highest BCUT2D eigenvalue weighted by Gasteiger charge is 2.44. The fourth-order valence-corrected chi connectivity index (χ4v) is 2.99. The van der Waals surface area contributed by atoms with Crippen LogP contribution in [0.2, 0.25) is 0 Å². The first-order chi connectivity index (χ1) is 12.0. The number of aliphatic hydroxyl groups is 1. The van der Waals surface area contributed by atoms with E-state index in [1.54, 1.807) is 18.2 Å². The summed E-state index contributed by atoms with van der Waals surface area (Å²) < 4.78 is 0. The summed E-state index contributed by atoms with van der Waals surface area (Å²) in [6.07, 6.45) is 1.89. The van der Waals surface area contributed by atoms with Gasteiger partial charge in [-0.05, 0) is 55.0 Å². The monoisotopic (exact) mass is 340 g/mol. The molecule has 1 aliphatic rings. The largest absolute Gasteiger partial charge is 0.508 e. The lowest BCUT2D eigenvalue weighted by Crippen LogP contribution is -2.45. The summed E-state index contributed by atoms with van der Waals surface area (Å²) in [7, 11) is 0. The zero-order valence-electron chi connectivity index (χ0n) is 14.3. The second-order valence-electron chi connectivity index (χ2n) is 6.83. The molecule has 25 heavy (non-hydrogen) atoms. The van der Waals surface area contributed by atoms with Crippen LogP contribution in [-0.2, 0) is 6.42 Å². The van der Waals surface area contributed by atoms with Crippen molar-refractivity contribution in [2.45, 2.75) is 37.8 Å². The third kappa shape index (κ3) is 4.51. The van der Waals surface area contributed by atoms with E-state index in [0.29, 0.717) is 5.56 Å². The highest BCUT2D eigenvalue weighted by atomic mass is 16.3. The van der Waals surface area contributed by atoms with Gasteiger partial charge in [-0.25, -0.2) is 4.79 Å². The van der Waals surface area contributed by atoms with Gasteiger partial charge in [0.2, 0.25) is 0 Å². The Balaban J connectivity index is 1.51. The van der Waals surface area contributed by atoms with Crippen LogP contribution in [0.3, 0.4) is 0 Å². The van der Waals surface area contributed by atoms with Crippen molar-refractivity contribution >= 4 is 6.03 Å². The molecule has 0 radical (unpaired) electrons. The maximum absolute atomic E-state index is 12.2. The van der Waals surface area contributed by atoms with Crippen LogP contribution >= 0.6 is 0 Å².